The molecule has 3 heterocycles. The molecule has 4 aromatic rings. The number of nitrogens with zero attached hydrogens (tertiary/aromatic N) is 5. The molecule has 0 spiro atoms. The average Bonchev–Trinajstić information content (AvgIpc) is 2.93. The first-order chi connectivity index (χ1) is 19.9. The van der Waals surface area contributed by atoms with E-state index in [-0.39, 0.29) is 23.9 Å². The number of pyridine rings is 1. The molecule has 0 atom stereocenters. The van der Waals surface area contributed by atoms with E-state index in [1.54, 1.807) is 12.1 Å². The lowest BCUT2D eigenvalue weighted by Gasteiger charge is -2.38. The maximum absolute atomic E-state index is 13.1. The SMILES string of the molecule is Cc1cc(Nc2nc3ccccc3c(N3CCC(NC(C)(C)C)CC3)c2C#N)ccc1Nc1nccc(C(F)(F)F)n1.Cl. The lowest BCUT2D eigenvalue weighted by molar-refractivity contribution is -0.141. The van der Waals surface area contributed by atoms with E-state index < -0.39 is 11.9 Å². The van der Waals surface area contributed by atoms with Crippen molar-refractivity contribution in [3.05, 3.63) is 71.5 Å². The highest BCUT2D eigenvalue weighted by Crippen LogP contribution is 2.37. The van der Waals surface area contributed by atoms with Gasteiger partial charge in [-0.2, -0.15) is 18.4 Å². The van der Waals surface area contributed by atoms with Crippen LogP contribution in [0.1, 0.15) is 50.4 Å². The second-order valence-electron chi connectivity index (χ2n) is 11.5. The zero-order valence-electron chi connectivity index (χ0n) is 24.4. The summed E-state index contributed by atoms with van der Waals surface area (Å²) in [4.78, 5) is 14.6. The van der Waals surface area contributed by atoms with Crippen molar-refractivity contribution in [3.63, 3.8) is 0 Å². The first-order valence-corrected chi connectivity index (χ1v) is 13.8. The summed E-state index contributed by atoms with van der Waals surface area (Å²) < 4.78 is 39.2. The van der Waals surface area contributed by atoms with Crippen molar-refractivity contribution in [1.29, 1.82) is 5.26 Å². The van der Waals surface area contributed by atoms with E-state index in [0.29, 0.717) is 28.8 Å². The molecule has 1 fully saturated rings. The fourth-order valence-electron chi connectivity index (χ4n) is 5.29. The van der Waals surface area contributed by atoms with Crippen LogP contribution in [0.2, 0.25) is 0 Å². The fourth-order valence-corrected chi connectivity index (χ4v) is 5.29. The highest BCUT2D eigenvalue weighted by Gasteiger charge is 2.33. The predicted molar refractivity (Wildman–Crippen MR) is 167 cm³/mol. The molecule has 12 heteroatoms. The second-order valence-corrected chi connectivity index (χ2v) is 11.5. The Morgan fingerprint density at radius 2 is 1.70 bits per heavy atom. The smallest absolute Gasteiger partial charge is 0.370 e. The molecule has 2 aromatic carbocycles. The third-order valence-corrected chi connectivity index (χ3v) is 7.11. The van der Waals surface area contributed by atoms with Crippen molar-refractivity contribution >= 4 is 52.1 Å². The number of halogens is 4. The molecule has 0 unspecified atom stereocenters. The molecule has 0 radical (unpaired) electrons. The van der Waals surface area contributed by atoms with Crippen LogP contribution in [0.3, 0.4) is 0 Å². The van der Waals surface area contributed by atoms with Crippen molar-refractivity contribution in [2.45, 2.75) is 58.3 Å². The van der Waals surface area contributed by atoms with E-state index in [1.165, 1.54) is 0 Å². The minimum atomic E-state index is -4.56. The second kappa shape index (κ2) is 12.6. The fraction of sp³-hybridized carbons (Fsp3) is 0.355. The first-order valence-electron chi connectivity index (χ1n) is 13.8. The van der Waals surface area contributed by atoms with Gasteiger partial charge in [-0.05, 0) is 76.4 Å². The van der Waals surface area contributed by atoms with Crippen LogP contribution in [-0.4, -0.2) is 39.6 Å². The number of aromatic nitrogens is 3. The summed E-state index contributed by atoms with van der Waals surface area (Å²) in [5.74, 6) is 0.296. The predicted octanol–water partition coefficient (Wildman–Crippen LogP) is 7.49. The Bertz CT molecular complexity index is 1640. The summed E-state index contributed by atoms with van der Waals surface area (Å²) in [5.41, 5.74) is 3.11. The summed E-state index contributed by atoms with van der Waals surface area (Å²) in [5, 5.41) is 21.1. The Morgan fingerprint density at radius 1 is 0.977 bits per heavy atom. The minimum absolute atomic E-state index is 0. The van der Waals surface area contributed by atoms with Crippen LogP contribution in [0, 0.1) is 18.3 Å². The number of piperidine rings is 1. The molecule has 0 bridgehead atoms. The largest absolute Gasteiger partial charge is 0.433 e. The Morgan fingerprint density at radius 3 is 2.35 bits per heavy atom. The number of nitrogens with one attached hydrogen (secondary N) is 3. The number of anilines is 5. The standard InChI is InChI=1S/C31H33F3N8.ClH/c1-19-17-21(9-10-24(19)39-29-36-14-11-26(40-29)31(32,33)34)37-28-23(18-35)27(22-7-5-6-8-25(22)38-28)42-15-12-20(13-16-42)41-30(2,3)4;/h5-11,14,17,20,41H,12-13,15-16H2,1-4H3,(H,37,38)(H,36,39,40);1H. The van der Waals surface area contributed by atoms with Crippen molar-refractivity contribution in [1.82, 2.24) is 20.3 Å². The molecule has 0 saturated carbocycles. The molecule has 8 nitrogen and oxygen atoms in total. The monoisotopic (exact) mass is 610 g/mol. The van der Waals surface area contributed by atoms with Crippen LogP contribution in [0.25, 0.3) is 10.9 Å². The van der Waals surface area contributed by atoms with Gasteiger partial charge in [0.05, 0.1) is 11.2 Å². The van der Waals surface area contributed by atoms with E-state index in [1.807, 2.05) is 37.3 Å². The van der Waals surface area contributed by atoms with Gasteiger partial charge in [-0.1, -0.05) is 18.2 Å². The topological polar surface area (TPSA) is 102 Å². The van der Waals surface area contributed by atoms with Crippen LogP contribution in [0.4, 0.5) is 42.0 Å². The van der Waals surface area contributed by atoms with Crippen LogP contribution < -0.4 is 20.9 Å². The van der Waals surface area contributed by atoms with Gasteiger partial charge in [0.1, 0.15) is 17.3 Å². The molecular formula is C31H34ClF3N8. The van der Waals surface area contributed by atoms with Gasteiger partial charge in [0.2, 0.25) is 5.95 Å². The van der Waals surface area contributed by atoms with Gasteiger partial charge in [-0.25, -0.2) is 15.0 Å². The minimum Gasteiger partial charge on any atom is -0.370 e. The Kier molecular flexibility index (Phi) is 9.32. The van der Waals surface area contributed by atoms with Crippen LogP contribution >= 0.6 is 12.4 Å². The average molecular weight is 611 g/mol. The molecule has 2 aromatic heterocycles. The maximum Gasteiger partial charge on any atom is 0.433 e. The van der Waals surface area contributed by atoms with Crippen LogP contribution in [-0.2, 0) is 6.18 Å². The van der Waals surface area contributed by atoms with E-state index in [0.717, 1.165) is 60.3 Å². The third kappa shape index (κ3) is 7.45. The van der Waals surface area contributed by atoms with Gasteiger partial charge in [-0.3, -0.25) is 0 Å². The molecular weight excluding hydrogens is 577 g/mol. The number of nitriles is 1. The molecule has 1 aliphatic rings. The highest BCUT2D eigenvalue weighted by molar-refractivity contribution is 5.98. The number of rotatable bonds is 6. The third-order valence-electron chi connectivity index (χ3n) is 7.11. The van der Waals surface area contributed by atoms with E-state index in [9.17, 15) is 18.4 Å². The molecule has 3 N–H and O–H groups in total. The van der Waals surface area contributed by atoms with Crippen molar-refractivity contribution in [2.75, 3.05) is 28.6 Å². The van der Waals surface area contributed by atoms with Gasteiger partial charge < -0.3 is 20.9 Å². The number of para-hydroxylation sites is 1. The summed E-state index contributed by atoms with van der Waals surface area (Å²) in [6, 6.07) is 16.8. The molecule has 226 valence electrons. The van der Waals surface area contributed by atoms with Crippen LogP contribution in [0.5, 0.6) is 0 Å². The molecule has 1 saturated heterocycles. The Balaban J connectivity index is 0.00000423. The molecule has 1 aliphatic heterocycles. The van der Waals surface area contributed by atoms with Crippen molar-refractivity contribution in [3.8, 4) is 6.07 Å². The van der Waals surface area contributed by atoms with Gasteiger partial charge in [0.25, 0.3) is 0 Å². The number of hydrogen-bond acceptors (Lipinski definition) is 8. The zero-order chi connectivity index (χ0) is 30.1. The van der Waals surface area contributed by atoms with E-state index in [4.69, 9.17) is 4.98 Å². The van der Waals surface area contributed by atoms with Gasteiger partial charge in [0.15, 0.2) is 5.82 Å². The van der Waals surface area contributed by atoms with Crippen LogP contribution in [0.15, 0.2) is 54.7 Å². The molecule has 0 amide bonds. The quantitative estimate of drug-likeness (QED) is 0.206. The summed E-state index contributed by atoms with van der Waals surface area (Å²) in [6.07, 6.45) is -1.57. The van der Waals surface area contributed by atoms with E-state index in [2.05, 4.69) is 57.7 Å². The van der Waals surface area contributed by atoms with Crippen molar-refractivity contribution in [2.24, 2.45) is 0 Å². The Labute approximate surface area is 255 Å². The summed E-state index contributed by atoms with van der Waals surface area (Å²) in [6.45, 7) is 9.96. The molecule has 43 heavy (non-hydrogen) atoms. The number of hydrogen-bond donors (Lipinski definition) is 3. The van der Waals surface area contributed by atoms with Crippen molar-refractivity contribution < 1.29 is 13.2 Å². The van der Waals surface area contributed by atoms with Gasteiger partial charge >= 0.3 is 6.18 Å². The molecule has 0 aliphatic carbocycles. The number of alkyl halides is 3. The number of benzene rings is 2. The van der Waals surface area contributed by atoms with Gasteiger partial charge in [-0.15, -0.1) is 12.4 Å². The normalized spacial score (nSPS) is 14.2. The lowest BCUT2D eigenvalue weighted by atomic mass is 9.98. The zero-order valence-corrected chi connectivity index (χ0v) is 25.2. The molecule has 5 rings (SSSR count). The summed E-state index contributed by atoms with van der Waals surface area (Å²) >= 11 is 0. The Hall–Kier alpha value is -4.14. The summed E-state index contributed by atoms with van der Waals surface area (Å²) in [7, 11) is 0. The first kappa shape index (κ1) is 31.8. The number of aryl methyl sites for hydroxylation is 1. The van der Waals surface area contributed by atoms with Gasteiger partial charge in [0, 0.05) is 47.6 Å². The number of fused-ring (bicyclic) bond motifs is 1. The lowest BCUT2D eigenvalue weighted by Crippen LogP contribution is -2.49. The van der Waals surface area contributed by atoms with E-state index >= 15 is 0 Å². The maximum atomic E-state index is 13.1. The highest BCUT2D eigenvalue weighted by atomic mass is 35.5.